The zero-order valence-electron chi connectivity index (χ0n) is 31.3. The molecule has 0 amide bonds. The maximum absolute atomic E-state index is 14.1. The fourth-order valence-electron chi connectivity index (χ4n) is 6.84. The molecule has 2 unspecified atom stereocenters. The van der Waals surface area contributed by atoms with Gasteiger partial charge in [0.1, 0.15) is 30.0 Å². The van der Waals surface area contributed by atoms with Crippen molar-refractivity contribution in [2.24, 2.45) is 4.99 Å². The number of carbonyl (C=O) groups excluding carboxylic acids is 1. The third-order valence-electron chi connectivity index (χ3n) is 9.54. The van der Waals surface area contributed by atoms with E-state index in [-0.39, 0.29) is 45.1 Å². The topological polar surface area (TPSA) is 84.8 Å². The summed E-state index contributed by atoms with van der Waals surface area (Å²) in [4.78, 5) is 19.1. The second-order valence-corrected chi connectivity index (χ2v) is 13.4. The van der Waals surface area contributed by atoms with E-state index in [4.69, 9.17) is 33.4 Å². The first-order valence-corrected chi connectivity index (χ1v) is 18.6. The highest BCUT2D eigenvalue weighted by molar-refractivity contribution is 6.40. The van der Waals surface area contributed by atoms with Crippen LogP contribution < -0.4 is 0 Å². The minimum atomic E-state index is -1.52. The molecule has 1 fully saturated rings. The summed E-state index contributed by atoms with van der Waals surface area (Å²) in [6, 6.07) is 49.5. The first-order valence-electron chi connectivity index (χ1n) is 18.6. The van der Waals surface area contributed by atoms with Gasteiger partial charge in [-0.05, 0) is 27.8 Å². The van der Waals surface area contributed by atoms with Gasteiger partial charge >= 0.3 is 5.97 Å². The minimum absolute atomic E-state index is 0.0692. The normalized spacial score (nSPS) is 21.1. The van der Waals surface area contributed by atoms with Crippen LogP contribution in [0.1, 0.15) is 34.2 Å². The van der Waals surface area contributed by atoms with Gasteiger partial charge in [-0.3, -0.25) is 4.99 Å². The average molecular weight is 740 g/mol. The molecule has 5 atom stereocenters. The van der Waals surface area contributed by atoms with Gasteiger partial charge < -0.3 is 28.4 Å². The number of rotatable bonds is 19. The lowest BCUT2D eigenvalue weighted by Crippen LogP contribution is -2.70. The molecule has 0 saturated carbocycles. The van der Waals surface area contributed by atoms with Gasteiger partial charge in [0.15, 0.2) is 5.71 Å². The zero-order valence-corrected chi connectivity index (χ0v) is 31.3. The molecule has 1 saturated heterocycles. The molecule has 1 aliphatic rings. The largest absolute Gasteiger partial charge is 0.464 e. The Bertz CT molecular complexity index is 1910. The van der Waals surface area contributed by atoms with Crippen molar-refractivity contribution in [3.05, 3.63) is 192 Å². The van der Waals surface area contributed by atoms with Gasteiger partial charge in [0, 0.05) is 6.42 Å². The van der Waals surface area contributed by atoms with E-state index < -0.39 is 36.0 Å². The number of ether oxygens (including phenoxy) is 6. The summed E-state index contributed by atoms with van der Waals surface area (Å²) >= 11 is 0. The van der Waals surface area contributed by atoms with Crippen LogP contribution in [0, 0.1) is 0 Å². The lowest BCUT2D eigenvalue weighted by atomic mass is 9.78. The Balaban J connectivity index is 1.47. The van der Waals surface area contributed by atoms with Crippen molar-refractivity contribution in [2.75, 3.05) is 13.7 Å². The maximum Gasteiger partial charge on any atom is 0.355 e. The Hall–Kier alpha value is -5.22. The van der Waals surface area contributed by atoms with Crippen LogP contribution >= 0.6 is 0 Å². The van der Waals surface area contributed by atoms with Crippen molar-refractivity contribution >= 4 is 11.7 Å². The number of esters is 1. The Labute approximate surface area is 324 Å². The molecule has 0 N–H and O–H groups in total. The average Bonchev–Trinajstić information content (AvgIpc) is 3.24. The van der Waals surface area contributed by atoms with Crippen molar-refractivity contribution in [1.29, 1.82) is 0 Å². The van der Waals surface area contributed by atoms with Gasteiger partial charge in [-0.15, -0.1) is 6.58 Å². The molecule has 0 aromatic heterocycles. The van der Waals surface area contributed by atoms with E-state index in [0.29, 0.717) is 6.61 Å². The first kappa shape index (κ1) is 39.5. The molecule has 8 nitrogen and oxygen atoms in total. The van der Waals surface area contributed by atoms with Gasteiger partial charge in [-0.1, -0.05) is 158 Å². The molecule has 0 spiro atoms. The van der Waals surface area contributed by atoms with Crippen LogP contribution in [0.4, 0.5) is 0 Å². The fourth-order valence-corrected chi connectivity index (χ4v) is 6.84. The van der Waals surface area contributed by atoms with Crippen LogP contribution in [-0.4, -0.2) is 55.4 Å². The van der Waals surface area contributed by atoms with Crippen LogP contribution in [0.3, 0.4) is 0 Å². The third kappa shape index (κ3) is 10.7. The van der Waals surface area contributed by atoms with Crippen molar-refractivity contribution in [3.63, 3.8) is 0 Å². The van der Waals surface area contributed by atoms with E-state index in [2.05, 4.69) is 6.58 Å². The second kappa shape index (κ2) is 20.5. The SMILES string of the molecule is C=CC[C@@]1(C(=NCc2ccccc2)C(=O)OC)OC(COCc2ccccc2)[C@@H](OCc2ccccc2)[C@@H](OCc2ccccc2)C1OCc1ccccc1. The summed E-state index contributed by atoms with van der Waals surface area (Å²) in [6.45, 7) is 5.53. The van der Waals surface area contributed by atoms with Crippen molar-refractivity contribution in [1.82, 2.24) is 0 Å². The highest BCUT2D eigenvalue weighted by Crippen LogP contribution is 2.41. The Morgan fingerprint density at radius 1 is 0.636 bits per heavy atom. The number of methoxy groups -OCH3 is 1. The van der Waals surface area contributed by atoms with E-state index in [1.165, 1.54) is 7.11 Å². The monoisotopic (exact) mass is 739 g/mol. The molecule has 0 bridgehead atoms. The van der Waals surface area contributed by atoms with E-state index >= 15 is 0 Å². The number of hydrogen-bond acceptors (Lipinski definition) is 8. The van der Waals surface area contributed by atoms with Gasteiger partial charge in [-0.25, -0.2) is 4.79 Å². The summed E-state index contributed by atoms with van der Waals surface area (Å²) in [5.74, 6) is -0.638. The number of hydrogen-bond donors (Lipinski definition) is 0. The summed E-state index contributed by atoms with van der Waals surface area (Å²) in [5, 5.41) is 0. The molecule has 55 heavy (non-hydrogen) atoms. The highest BCUT2D eigenvalue weighted by atomic mass is 16.6. The third-order valence-corrected chi connectivity index (χ3v) is 9.54. The van der Waals surface area contributed by atoms with E-state index in [0.717, 1.165) is 27.8 Å². The number of benzene rings is 5. The zero-order chi connectivity index (χ0) is 38.1. The van der Waals surface area contributed by atoms with Crippen LogP contribution in [0.25, 0.3) is 0 Å². The maximum atomic E-state index is 14.1. The van der Waals surface area contributed by atoms with Crippen molar-refractivity contribution in [3.8, 4) is 0 Å². The number of carbonyl (C=O) groups is 1. The van der Waals surface area contributed by atoms with Gasteiger partial charge in [-0.2, -0.15) is 0 Å². The standard InChI is InChI=1S/C47H49NO7/c1-3-29-47(44(46(49)50-2)48-30-36-19-9-4-10-20-36)45(54-34-40-27-17-8-18-28-40)43(53-33-39-25-15-7-16-26-39)42(52-32-38-23-13-6-14-24-38)41(55-47)35-51-31-37-21-11-5-12-22-37/h3-28,41-43,45H,1,29-35H2,2H3/t41?,42-,43-,45?,47+/m1/s1. The molecular weight excluding hydrogens is 691 g/mol. The Morgan fingerprint density at radius 3 is 1.55 bits per heavy atom. The second-order valence-electron chi connectivity index (χ2n) is 13.4. The van der Waals surface area contributed by atoms with Gasteiger partial charge in [0.25, 0.3) is 0 Å². The smallest absolute Gasteiger partial charge is 0.355 e. The molecule has 5 aromatic carbocycles. The number of aliphatic imine (C=N–C) groups is 1. The Kier molecular flexibility index (Phi) is 14.7. The van der Waals surface area contributed by atoms with E-state index in [1.54, 1.807) is 6.08 Å². The lowest BCUT2D eigenvalue weighted by Gasteiger charge is -2.52. The van der Waals surface area contributed by atoms with Gasteiger partial charge in [0.2, 0.25) is 0 Å². The molecular formula is C47H49NO7. The molecule has 6 rings (SSSR count). The summed E-state index contributed by atoms with van der Waals surface area (Å²) in [5.41, 5.74) is 3.37. The molecule has 0 radical (unpaired) electrons. The lowest BCUT2D eigenvalue weighted by molar-refractivity contribution is -0.289. The molecule has 0 aliphatic carbocycles. The highest BCUT2D eigenvalue weighted by Gasteiger charge is 2.60. The minimum Gasteiger partial charge on any atom is -0.464 e. The molecule has 284 valence electrons. The molecule has 5 aromatic rings. The molecule has 8 heteroatoms. The van der Waals surface area contributed by atoms with Crippen LogP contribution in [-0.2, 0) is 66.2 Å². The van der Waals surface area contributed by atoms with Crippen LogP contribution in [0.5, 0.6) is 0 Å². The van der Waals surface area contributed by atoms with Crippen LogP contribution in [0.2, 0.25) is 0 Å². The quantitative estimate of drug-likeness (QED) is 0.0477. The predicted molar refractivity (Wildman–Crippen MR) is 213 cm³/mol. The van der Waals surface area contributed by atoms with Crippen molar-refractivity contribution < 1.29 is 33.2 Å². The summed E-state index contributed by atoms with van der Waals surface area (Å²) in [6.07, 6.45) is -1.27. The van der Waals surface area contributed by atoms with E-state index in [1.807, 2.05) is 152 Å². The molecule has 1 aliphatic heterocycles. The molecule has 1 heterocycles. The first-order chi connectivity index (χ1) is 27.1. The van der Waals surface area contributed by atoms with E-state index in [9.17, 15) is 4.79 Å². The summed E-state index contributed by atoms with van der Waals surface area (Å²) < 4.78 is 39.9. The fraction of sp³-hybridized carbons (Fsp3) is 0.277. The Morgan fingerprint density at radius 2 is 1.07 bits per heavy atom. The van der Waals surface area contributed by atoms with Gasteiger partial charge in [0.05, 0.1) is 46.7 Å². The summed E-state index contributed by atoms with van der Waals surface area (Å²) in [7, 11) is 1.35. The number of nitrogens with zero attached hydrogens (tertiary/aromatic N) is 1. The van der Waals surface area contributed by atoms with Crippen molar-refractivity contribution in [2.45, 2.75) is 69.4 Å². The van der Waals surface area contributed by atoms with Crippen LogP contribution in [0.15, 0.2) is 169 Å². The predicted octanol–water partition coefficient (Wildman–Crippen LogP) is 8.49.